The van der Waals surface area contributed by atoms with Crippen molar-refractivity contribution in [3.63, 3.8) is 0 Å². The summed E-state index contributed by atoms with van der Waals surface area (Å²) >= 11 is 0. The zero-order valence-corrected chi connectivity index (χ0v) is 19.2. The smallest absolute Gasteiger partial charge is 0.225 e. The maximum absolute atomic E-state index is 9.70. The largest absolute Gasteiger partial charge is 0.496 e. The van der Waals surface area contributed by atoms with E-state index in [1.54, 1.807) is 7.11 Å². The Balaban J connectivity index is 1.49. The lowest BCUT2D eigenvalue weighted by atomic mass is 10.0. The Labute approximate surface area is 194 Å². The number of benzene rings is 1. The summed E-state index contributed by atoms with van der Waals surface area (Å²) in [5.74, 6) is 1.71. The monoisotopic (exact) mass is 448 g/mol. The molecule has 2 saturated heterocycles. The molecule has 8 nitrogen and oxygen atoms in total. The fourth-order valence-corrected chi connectivity index (χ4v) is 5.16. The van der Waals surface area contributed by atoms with Crippen LogP contribution in [0.25, 0.3) is 11.3 Å². The van der Waals surface area contributed by atoms with Gasteiger partial charge < -0.3 is 14.7 Å². The van der Waals surface area contributed by atoms with Gasteiger partial charge in [0.2, 0.25) is 5.95 Å². The van der Waals surface area contributed by atoms with Crippen molar-refractivity contribution < 1.29 is 9.84 Å². The number of nitrogens with zero attached hydrogens (tertiary/aromatic N) is 6. The van der Waals surface area contributed by atoms with Gasteiger partial charge in [-0.25, -0.2) is 9.97 Å². The van der Waals surface area contributed by atoms with Crippen molar-refractivity contribution in [2.24, 2.45) is 0 Å². The maximum Gasteiger partial charge on any atom is 0.225 e. The minimum atomic E-state index is 0.0517. The van der Waals surface area contributed by atoms with Crippen molar-refractivity contribution in [2.75, 3.05) is 38.3 Å². The van der Waals surface area contributed by atoms with E-state index in [1.165, 1.54) is 18.4 Å². The van der Waals surface area contributed by atoms with Crippen LogP contribution < -0.4 is 9.64 Å². The molecule has 1 N–H and O–H groups in total. The summed E-state index contributed by atoms with van der Waals surface area (Å²) in [6.45, 7) is 4.36. The molecule has 4 heterocycles. The van der Waals surface area contributed by atoms with Crippen LogP contribution in [0.15, 0.2) is 42.7 Å². The summed E-state index contributed by atoms with van der Waals surface area (Å²) in [5, 5.41) is 14.4. The summed E-state index contributed by atoms with van der Waals surface area (Å²) in [4.78, 5) is 14.2. The fraction of sp³-hybridized carbons (Fsp3) is 0.480. The number of rotatable bonds is 8. The molecule has 0 saturated carbocycles. The van der Waals surface area contributed by atoms with Gasteiger partial charge >= 0.3 is 0 Å². The highest BCUT2D eigenvalue weighted by Crippen LogP contribution is 2.39. The quantitative estimate of drug-likeness (QED) is 0.566. The molecule has 8 heteroatoms. The molecule has 0 amide bonds. The van der Waals surface area contributed by atoms with Crippen LogP contribution in [-0.4, -0.2) is 63.1 Å². The van der Waals surface area contributed by atoms with Crippen LogP contribution >= 0.6 is 0 Å². The topological polar surface area (TPSA) is 79.5 Å². The van der Waals surface area contributed by atoms with Gasteiger partial charge in [0.25, 0.3) is 0 Å². The third-order valence-corrected chi connectivity index (χ3v) is 6.75. The molecule has 0 spiro atoms. The fourth-order valence-electron chi connectivity index (χ4n) is 5.16. The first-order chi connectivity index (χ1) is 16.3. The van der Waals surface area contributed by atoms with Crippen LogP contribution in [0.3, 0.4) is 0 Å². The molecular weight excluding hydrogens is 416 g/mol. The van der Waals surface area contributed by atoms with Gasteiger partial charge in [-0.1, -0.05) is 18.2 Å². The Kier molecular flexibility index (Phi) is 6.55. The van der Waals surface area contributed by atoms with Crippen molar-refractivity contribution in [3.05, 3.63) is 54.0 Å². The van der Waals surface area contributed by atoms with Crippen LogP contribution in [0, 0.1) is 0 Å². The summed E-state index contributed by atoms with van der Waals surface area (Å²) in [6, 6.07) is 10.4. The number of hydrogen-bond acceptors (Lipinski definition) is 7. The molecule has 2 aliphatic rings. The highest BCUT2D eigenvalue weighted by molar-refractivity contribution is 5.63. The number of anilines is 1. The van der Waals surface area contributed by atoms with Crippen molar-refractivity contribution >= 4 is 5.95 Å². The number of ether oxygens (including phenoxy) is 1. The van der Waals surface area contributed by atoms with E-state index in [4.69, 9.17) is 9.72 Å². The van der Waals surface area contributed by atoms with Gasteiger partial charge in [-0.15, -0.1) is 0 Å². The number of likely N-dealkylation sites (tertiary alicyclic amines) is 1. The molecule has 0 bridgehead atoms. The van der Waals surface area contributed by atoms with Gasteiger partial charge in [0.15, 0.2) is 0 Å². The van der Waals surface area contributed by atoms with Gasteiger partial charge in [-0.3, -0.25) is 9.58 Å². The molecule has 1 aromatic carbocycles. The summed E-state index contributed by atoms with van der Waals surface area (Å²) in [5.41, 5.74) is 4.24. The first kappa shape index (κ1) is 21.9. The molecule has 174 valence electrons. The number of aliphatic hydroxyl groups excluding tert-OH is 1. The number of hydrogen-bond donors (Lipinski definition) is 1. The van der Waals surface area contributed by atoms with Crippen LogP contribution in [0.4, 0.5) is 5.95 Å². The van der Waals surface area contributed by atoms with E-state index < -0.39 is 0 Å². The minimum Gasteiger partial charge on any atom is -0.496 e. The highest BCUT2D eigenvalue weighted by Gasteiger charge is 2.32. The van der Waals surface area contributed by atoms with Crippen molar-refractivity contribution in [2.45, 2.75) is 44.8 Å². The van der Waals surface area contributed by atoms with E-state index in [0.717, 1.165) is 67.7 Å². The van der Waals surface area contributed by atoms with E-state index in [2.05, 4.69) is 32.0 Å². The van der Waals surface area contributed by atoms with Crippen molar-refractivity contribution in [1.82, 2.24) is 24.6 Å². The predicted octanol–water partition coefficient (Wildman–Crippen LogP) is 3.28. The summed E-state index contributed by atoms with van der Waals surface area (Å²) in [7, 11) is 1.72. The van der Waals surface area contributed by atoms with Crippen molar-refractivity contribution in [1.29, 1.82) is 0 Å². The molecule has 33 heavy (non-hydrogen) atoms. The van der Waals surface area contributed by atoms with Gasteiger partial charge in [-0.05, 0) is 44.4 Å². The first-order valence-corrected chi connectivity index (χ1v) is 11.9. The third kappa shape index (κ3) is 4.45. The average molecular weight is 449 g/mol. The molecule has 2 aliphatic heterocycles. The highest BCUT2D eigenvalue weighted by atomic mass is 16.5. The Bertz CT molecular complexity index is 1080. The van der Waals surface area contributed by atoms with Gasteiger partial charge in [0, 0.05) is 37.0 Å². The number of aromatic nitrogens is 4. The van der Waals surface area contributed by atoms with E-state index in [1.807, 2.05) is 35.3 Å². The molecule has 5 rings (SSSR count). The number of methoxy groups -OCH3 is 1. The molecule has 3 aromatic rings. The zero-order valence-electron chi connectivity index (χ0n) is 19.2. The zero-order chi connectivity index (χ0) is 22.6. The second kappa shape index (κ2) is 9.89. The van der Waals surface area contributed by atoms with E-state index >= 15 is 0 Å². The van der Waals surface area contributed by atoms with Crippen LogP contribution in [0.1, 0.15) is 43.0 Å². The lowest BCUT2D eigenvalue weighted by Gasteiger charge is -2.27. The molecular formula is C25H32N6O2. The molecule has 0 aliphatic carbocycles. The Hall–Kier alpha value is -2.97. The van der Waals surface area contributed by atoms with Crippen LogP contribution in [0.5, 0.6) is 5.75 Å². The van der Waals surface area contributed by atoms with Gasteiger partial charge in [0.1, 0.15) is 5.75 Å². The number of aliphatic hydroxyl groups is 1. The van der Waals surface area contributed by atoms with Crippen molar-refractivity contribution in [3.8, 4) is 17.0 Å². The Morgan fingerprint density at radius 3 is 2.76 bits per heavy atom. The SMILES string of the molecule is COc1ccccc1CN1CCC[C@H]1c1c(-c2ccnc(N3CCCC3)n2)cnn1CCO. The molecule has 0 radical (unpaired) electrons. The third-order valence-electron chi connectivity index (χ3n) is 6.75. The normalized spacial score (nSPS) is 18.8. The van der Waals surface area contributed by atoms with E-state index in [0.29, 0.717) is 6.54 Å². The summed E-state index contributed by atoms with van der Waals surface area (Å²) in [6.07, 6.45) is 8.29. The second-order valence-electron chi connectivity index (χ2n) is 8.77. The Morgan fingerprint density at radius 1 is 1.09 bits per heavy atom. The Morgan fingerprint density at radius 2 is 1.94 bits per heavy atom. The van der Waals surface area contributed by atoms with Crippen LogP contribution in [-0.2, 0) is 13.1 Å². The average Bonchev–Trinajstić information content (AvgIpc) is 3.61. The number of para-hydroxylation sites is 1. The minimum absolute atomic E-state index is 0.0517. The first-order valence-electron chi connectivity index (χ1n) is 11.9. The maximum atomic E-state index is 9.70. The second-order valence-corrected chi connectivity index (χ2v) is 8.77. The lowest BCUT2D eigenvalue weighted by molar-refractivity contribution is 0.224. The molecule has 0 unspecified atom stereocenters. The molecule has 2 aromatic heterocycles. The molecule has 2 fully saturated rings. The van der Waals surface area contributed by atoms with Gasteiger partial charge in [0.05, 0.1) is 43.9 Å². The van der Waals surface area contributed by atoms with E-state index in [-0.39, 0.29) is 12.6 Å². The summed E-state index contributed by atoms with van der Waals surface area (Å²) < 4.78 is 7.56. The van der Waals surface area contributed by atoms with E-state index in [9.17, 15) is 5.11 Å². The predicted molar refractivity (Wildman–Crippen MR) is 127 cm³/mol. The van der Waals surface area contributed by atoms with Gasteiger partial charge in [-0.2, -0.15) is 5.10 Å². The van der Waals surface area contributed by atoms with Crippen LogP contribution in [0.2, 0.25) is 0 Å². The molecule has 1 atom stereocenters. The lowest BCUT2D eigenvalue weighted by Crippen LogP contribution is -2.26. The standard InChI is InChI=1S/C25H32N6O2/c1-33-23-9-3-2-7-19(23)18-30-14-6-8-22(30)24-20(17-27-31(24)15-16-32)21-10-11-26-25(28-21)29-12-4-5-13-29/h2-3,7,9-11,17,22,32H,4-6,8,12-16,18H2,1H3/t22-/m0/s1.